The predicted molar refractivity (Wildman–Crippen MR) is 57.9 cm³/mol. The van der Waals surface area contributed by atoms with E-state index >= 15 is 0 Å². The van der Waals surface area contributed by atoms with Gasteiger partial charge in [0.05, 0.1) is 6.04 Å². The van der Waals surface area contributed by atoms with Crippen molar-refractivity contribution in [1.29, 1.82) is 0 Å². The molecule has 0 radical (unpaired) electrons. The van der Waals surface area contributed by atoms with Crippen molar-refractivity contribution in [2.75, 3.05) is 7.05 Å². The van der Waals surface area contributed by atoms with Gasteiger partial charge in [0, 0.05) is 13.1 Å². The average Bonchev–Trinajstić information content (AvgIpc) is 2.43. The summed E-state index contributed by atoms with van der Waals surface area (Å²) in [7, 11) is 1.89. The Morgan fingerprint density at radius 2 is 1.79 bits per heavy atom. The minimum atomic E-state index is -0.358. The van der Waals surface area contributed by atoms with E-state index in [1.807, 2.05) is 11.9 Å². The molecule has 1 atom stereocenters. The van der Waals surface area contributed by atoms with Crippen molar-refractivity contribution in [2.24, 2.45) is 5.73 Å². The maximum absolute atomic E-state index is 11.7. The number of rotatable bonds is 2. The van der Waals surface area contributed by atoms with E-state index in [2.05, 4.69) is 0 Å². The van der Waals surface area contributed by atoms with Crippen LogP contribution in [0.5, 0.6) is 0 Å². The molecule has 1 rings (SSSR count). The molecular weight excluding hydrogens is 176 g/mol. The summed E-state index contributed by atoms with van der Waals surface area (Å²) >= 11 is 0. The maximum atomic E-state index is 11.7. The molecule has 3 nitrogen and oxygen atoms in total. The quantitative estimate of drug-likeness (QED) is 0.684. The monoisotopic (exact) mass is 198 g/mol. The highest BCUT2D eigenvalue weighted by molar-refractivity contribution is 5.81. The van der Waals surface area contributed by atoms with Crippen molar-refractivity contribution >= 4 is 5.91 Å². The molecule has 0 bridgehead atoms. The molecule has 2 N–H and O–H groups in total. The second kappa shape index (κ2) is 5.35. The van der Waals surface area contributed by atoms with E-state index < -0.39 is 0 Å². The summed E-state index contributed by atoms with van der Waals surface area (Å²) in [6.07, 6.45) is 7.43. The Balaban J connectivity index is 2.49. The van der Waals surface area contributed by atoms with Crippen LogP contribution in [0.4, 0.5) is 0 Å². The van der Waals surface area contributed by atoms with Crippen LogP contribution >= 0.6 is 0 Å². The second-order valence-corrected chi connectivity index (χ2v) is 4.38. The van der Waals surface area contributed by atoms with Crippen molar-refractivity contribution < 1.29 is 4.79 Å². The van der Waals surface area contributed by atoms with Crippen molar-refractivity contribution in [3.05, 3.63) is 0 Å². The van der Waals surface area contributed by atoms with Crippen LogP contribution in [0.15, 0.2) is 0 Å². The van der Waals surface area contributed by atoms with Gasteiger partial charge in [-0.2, -0.15) is 0 Å². The third-order valence-electron chi connectivity index (χ3n) is 3.11. The molecule has 3 heteroatoms. The molecule has 1 amide bonds. The fourth-order valence-corrected chi connectivity index (χ4v) is 2.15. The third-order valence-corrected chi connectivity index (χ3v) is 3.11. The minimum Gasteiger partial charge on any atom is -0.341 e. The first-order chi connectivity index (χ1) is 6.63. The van der Waals surface area contributed by atoms with E-state index in [4.69, 9.17) is 5.73 Å². The van der Waals surface area contributed by atoms with Crippen LogP contribution in [0.3, 0.4) is 0 Å². The molecule has 0 saturated heterocycles. The summed E-state index contributed by atoms with van der Waals surface area (Å²) in [4.78, 5) is 13.5. The van der Waals surface area contributed by atoms with Crippen LogP contribution in [0, 0.1) is 0 Å². The van der Waals surface area contributed by atoms with E-state index in [1.54, 1.807) is 6.92 Å². The van der Waals surface area contributed by atoms with Crippen molar-refractivity contribution in [3.8, 4) is 0 Å². The van der Waals surface area contributed by atoms with Crippen LogP contribution < -0.4 is 5.73 Å². The van der Waals surface area contributed by atoms with Crippen LogP contribution in [0.2, 0.25) is 0 Å². The largest absolute Gasteiger partial charge is 0.341 e. The lowest BCUT2D eigenvalue weighted by Crippen LogP contribution is -2.45. The van der Waals surface area contributed by atoms with Crippen LogP contribution in [-0.4, -0.2) is 29.9 Å². The molecule has 1 aliphatic rings. The van der Waals surface area contributed by atoms with E-state index in [1.165, 1.54) is 25.7 Å². The first-order valence-corrected chi connectivity index (χ1v) is 5.65. The number of carbonyl (C=O) groups is 1. The second-order valence-electron chi connectivity index (χ2n) is 4.38. The molecule has 0 heterocycles. The molecule has 0 aromatic heterocycles. The molecule has 1 unspecified atom stereocenters. The Labute approximate surface area is 86.6 Å². The Morgan fingerprint density at radius 1 is 1.29 bits per heavy atom. The van der Waals surface area contributed by atoms with Gasteiger partial charge < -0.3 is 10.6 Å². The van der Waals surface area contributed by atoms with Crippen molar-refractivity contribution in [3.63, 3.8) is 0 Å². The summed E-state index contributed by atoms with van der Waals surface area (Å²) in [5.41, 5.74) is 5.59. The highest BCUT2D eigenvalue weighted by atomic mass is 16.2. The lowest BCUT2D eigenvalue weighted by atomic mass is 10.1. The predicted octanol–water partition coefficient (Wildman–Crippen LogP) is 1.51. The third kappa shape index (κ3) is 2.98. The van der Waals surface area contributed by atoms with Gasteiger partial charge in [0.25, 0.3) is 0 Å². The van der Waals surface area contributed by atoms with Gasteiger partial charge in [-0.3, -0.25) is 4.79 Å². The Hall–Kier alpha value is -0.570. The zero-order chi connectivity index (χ0) is 10.6. The SMILES string of the molecule is CC(N)C(=O)N(C)C1CCCCCC1. The topological polar surface area (TPSA) is 46.3 Å². The minimum absolute atomic E-state index is 0.0805. The van der Waals surface area contributed by atoms with Gasteiger partial charge in [0.2, 0.25) is 5.91 Å². The summed E-state index contributed by atoms with van der Waals surface area (Å²) in [6, 6.07) is 0.0688. The number of hydrogen-bond acceptors (Lipinski definition) is 2. The summed E-state index contributed by atoms with van der Waals surface area (Å²) < 4.78 is 0. The zero-order valence-corrected chi connectivity index (χ0v) is 9.33. The lowest BCUT2D eigenvalue weighted by molar-refractivity contribution is -0.133. The lowest BCUT2D eigenvalue weighted by Gasteiger charge is -2.28. The summed E-state index contributed by atoms with van der Waals surface area (Å²) in [5.74, 6) is 0.0805. The summed E-state index contributed by atoms with van der Waals surface area (Å²) in [6.45, 7) is 1.76. The average molecular weight is 198 g/mol. The van der Waals surface area contributed by atoms with Gasteiger partial charge in [-0.1, -0.05) is 25.7 Å². The van der Waals surface area contributed by atoms with Gasteiger partial charge in [-0.05, 0) is 19.8 Å². The highest BCUT2D eigenvalue weighted by Crippen LogP contribution is 2.21. The highest BCUT2D eigenvalue weighted by Gasteiger charge is 2.22. The van der Waals surface area contributed by atoms with E-state index in [0.29, 0.717) is 6.04 Å². The molecular formula is C11H22N2O. The van der Waals surface area contributed by atoms with Gasteiger partial charge in [0.1, 0.15) is 0 Å². The summed E-state index contributed by atoms with van der Waals surface area (Å²) in [5, 5.41) is 0. The maximum Gasteiger partial charge on any atom is 0.239 e. The number of amides is 1. The molecule has 0 aliphatic heterocycles. The first-order valence-electron chi connectivity index (χ1n) is 5.65. The first kappa shape index (κ1) is 11.5. The van der Waals surface area contributed by atoms with Gasteiger partial charge >= 0.3 is 0 Å². The number of nitrogens with two attached hydrogens (primary N) is 1. The van der Waals surface area contributed by atoms with E-state index in [9.17, 15) is 4.79 Å². The molecule has 1 fully saturated rings. The number of carbonyl (C=O) groups excluding carboxylic acids is 1. The molecule has 82 valence electrons. The van der Waals surface area contributed by atoms with E-state index in [-0.39, 0.29) is 11.9 Å². The van der Waals surface area contributed by atoms with Gasteiger partial charge in [0.15, 0.2) is 0 Å². The zero-order valence-electron chi connectivity index (χ0n) is 9.33. The fourth-order valence-electron chi connectivity index (χ4n) is 2.15. The smallest absolute Gasteiger partial charge is 0.239 e. The molecule has 1 aliphatic carbocycles. The molecule has 0 aromatic rings. The number of likely N-dealkylation sites (N-methyl/N-ethyl adjacent to an activating group) is 1. The standard InChI is InChI=1S/C11H22N2O/c1-9(12)11(14)13(2)10-7-5-3-4-6-8-10/h9-10H,3-8,12H2,1-2H3. The Bertz CT molecular complexity index is 184. The fraction of sp³-hybridized carbons (Fsp3) is 0.909. The van der Waals surface area contributed by atoms with Crippen LogP contribution in [0.25, 0.3) is 0 Å². The molecule has 14 heavy (non-hydrogen) atoms. The number of nitrogens with zero attached hydrogens (tertiary/aromatic N) is 1. The van der Waals surface area contributed by atoms with Gasteiger partial charge in [-0.25, -0.2) is 0 Å². The van der Waals surface area contributed by atoms with Crippen LogP contribution in [-0.2, 0) is 4.79 Å². The van der Waals surface area contributed by atoms with Crippen molar-refractivity contribution in [1.82, 2.24) is 4.90 Å². The van der Waals surface area contributed by atoms with Gasteiger partial charge in [-0.15, -0.1) is 0 Å². The number of hydrogen-bond donors (Lipinski definition) is 1. The van der Waals surface area contributed by atoms with Crippen molar-refractivity contribution in [2.45, 2.75) is 57.5 Å². The normalized spacial score (nSPS) is 21.4. The van der Waals surface area contributed by atoms with Crippen LogP contribution in [0.1, 0.15) is 45.4 Å². The molecule has 0 spiro atoms. The Kier molecular flexibility index (Phi) is 4.39. The molecule has 0 aromatic carbocycles. The van der Waals surface area contributed by atoms with E-state index in [0.717, 1.165) is 12.8 Å². The molecule has 1 saturated carbocycles. The Morgan fingerprint density at radius 3 is 2.21 bits per heavy atom.